The lowest BCUT2D eigenvalue weighted by molar-refractivity contribution is -0.139. The largest absolute Gasteiger partial charge is 0.507 e. The second kappa shape index (κ2) is 9.60. The van der Waals surface area contributed by atoms with Crippen molar-refractivity contribution in [3.8, 4) is 11.5 Å². The van der Waals surface area contributed by atoms with Gasteiger partial charge in [-0.05, 0) is 36.2 Å². The van der Waals surface area contributed by atoms with E-state index in [1.54, 1.807) is 68.2 Å². The van der Waals surface area contributed by atoms with Crippen LogP contribution in [-0.4, -0.2) is 52.0 Å². The molecule has 1 amide bonds. The Bertz CT molecular complexity index is 1170. The van der Waals surface area contributed by atoms with Gasteiger partial charge in [0.05, 0.1) is 32.2 Å². The standard InChI is InChI=1S/C25H25N3O5/c1-32-19-9-7-17(8-10-19)22-21(23(29)18-5-3-6-20(15-18)33-2)24(30)25(31)28(22)13-4-12-27-14-11-26-16-27/h3,5-11,14-16,22,29H,4,12-13H2,1-2H3. The minimum absolute atomic E-state index is 0.0565. The first-order chi connectivity index (χ1) is 16.0. The molecule has 170 valence electrons. The highest BCUT2D eigenvalue weighted by Crippen LogP contribution is 2.40. The van der Waals surface area contributed by atoms with Crippen molar-refractivity contribution >= 4 is 17.4 Å². The third-order valence-corrected chi connectivity index (χ3v) is 5.69. The molecule has 0 bridgehead atoms. The maximum absolute atomic E-state index is 13.1. The van der Waals surface area contributed by atoms with Crippen LogP contribution in [0.1, 0.15) is 23.6 Å². The normalized spacial score (nSPS) is 17.4. The van der Waals surface area contributed by atoms with Crippen LogP contribution >= 0.6 is 0 Å². The van der Waals surface area contributed by atoms with Gasteiger partial charge in [-0.3, -0.25) is 9.59 Å². The lowest BCUT2D eigenvalue weighted by Gasteiger charge is -2.25. The van der Waals surface area contributed by atoms with Crippen molar-refractivity contribution in [2.24, 2.45) is 0 Å². The fourth-order valence-electron chi connectivity index (χ4n) is 4.01. The number of carbonyl (C=O) groups excluding carboxylic acids is 2. The highest BCUT2D eigenvalue weighted by molar-refractivity contribution is 6.46. The van der Waals surface area contributed by atoms with E-state index in [0.29, 0.717) is 42.1 Å². The number of aryl methyl sites for hydroxylation is 1. The number of amides is 1. The number of hydrogen-bond acceptors (Lipinski definition) is 6. The van der Waals surface area contributed by atoms with Crippen LogP contribution in [-0.2, 0) is 16.1 Å². The molecular formula is C25H25N3O5. The Labute approximate surface area is 191 Å². The number of Topliss-reactive ketones (excluding diaryl/α,β-unsaturated/α-hetero) is 1. The van der Waals surface area contributed by atoms with E-state index in [1.165, 1.54) is 12.0 Å². The van der Waals surface area contributed by atoms with Gasteiger partial charge in [0.25, 0.3) is 11.7 Å². The summed E-state index contributed by atoms with van der Waals surface area (Å²) in [4.78, 5) is 31.7. The molecule has 8 nitrogen and oxygen atoms in total. The molecule has 2 aromatic carbocycles. The van der Waals surface area contributed by atoms with Crippen LogP contribution in [0.2, 0.25) is 0 Å². The highest BCUT2D eigenvalue weighted by atomic mass is 16.5. The highest BCUT2D eigenvalue weighted by Gasteiger charge is 2.45. The summed E-state index contributed by atoms with van der Waals surface area (Å²) in [5.41, 5.74) is 1.17. The van der Waals surface area contributed by atoms with Crippen LogP contribution in [0.4, 0.5) is 0 Å². The van der Waals surface area contributed by atoms with Gasteiger partial charge in [0, 0.05) is 31.0 Å². The predicted molar refractivity (Wildman–Crippen MR) is 122 cm³/mol. The molecule has 0 spiro atoms. The Kier molecular flexibility index (Phi) is 6.44. The molecule has 2 heterocycles. The fourth-order valence-corrected chi connectivity index (χ4v) is 4.01. The Balaban J connectivity index is 1.74. The van der Waals surface area contributed by atoms with Gasteiger partial charge < -0.3 is 24.0 Å². The van der Waals surface area contributed by atoms with Gasteiger partial charge >= 0.3 is 0 Å². The number of ketones is 1. The minimum atomic E-state index is -0.718. The zero-order valence-corrected chi connectivity index (χ0v) is 18.5. The molecule has 1 N–H and O–H groups in total. The average molecular weight is 447 g/mol. The summed E-state index contributed by atoms with van der Waals surface area (Å²) in [5, 5.41) is 11.1. The van der Waals surface area contributed by atoms with Gasteiger partial charge in [-0.15, -0.1) is 0 Å². The van der Waals surface area contributed by atoms with E-state index >= 15 is 0 Å². The SMILES string of the molecule is COc1ccc(C2C(=C(O)c3cccc(OC)c3)C(=O)C(=O)N2CCCn2ccnc2)cc1. The number of nitrogens with zero attached hydrogens (tertiary/aromatic N) is 3. The number of hydrogen-bond donors (Lipinski definition) is 1. The molecule has 1 aromatic heterocycles. The third-order valence-electron chi connectivity index (χ3n) is 5.69. The van der Waals surface area contributed by atoms with E-state index in [2.05, 4.69) is 4.98 Å². The van der Waals surface area contributed by atoms with E-state index in [1.807, 2.05) is 10.8 Å². The van der Waals surface area contributed by atoms with E-state index in [0.717, 1.165) is 0 Å². The summed E-state index contributed by atoms with van der Waals surface area (Å²) in [7, 11) is 3.09. The van der Waals surface area contributed by atoms with Crippen LogP contribution < -0.4 is 9.47 Å². The number of benzene rings is 2. The summed E-state index contributed by atoms with van der Waals surface area (Å²) < 4.78 is 12.4. The van der Waals surface area contributed by atoms with Gasteiger partial charge in [0.15, 0.2) is 0 Å². The van der Waals surface area contributed by atoms with Gasteiger partial charge in [0.1, 0.15) is 17.3 Å². The van der Waals surface area contributed by atoms with Crippen molar-refractivity contribution in [2.75, 3.05) is 20.8 Å². The first-order valence-corrected chi connectivity index (χ1v) is 10.6. The minimum Gasteiger partial charge on any atom is -0.507 e. The molecule has 0 saturated carbocycles. The van der Waals surface area contributed by atoms with Crippen molar-refractivity contribution < 1.29 is 24.2 Å². The molecule has 1 atom stereocenters. The number of imidazole rings is 1. The van der Waals surface area contributed by atoms with Gasteiger partial charge in [-0.25, -0.2) is 4.98 Å². The Morgan fingerprint density at radius 1 is 1.03 bits per heavy atom. The van der Waals surface area contributed by atoms with Crippen molar-refractivity contribution in [2.45, 2.75) is 19.0 Å². The maximum atomic E-state index is 13.1. The lowest BCUT2D eigenvalue weighted by atomic mass is 9.95. The molecule has 3 aromatic rings. The molecule has 1 saturated heterocycles. The first-order valence-electron chi connectivity index (χ1n) is 10.6. The molecule has 4 rings (SSSR count). The summed E-state index contributed by atoms with van der Waals surface area (Å²) in [5.74, 6) is -0.381. The summed E-state index contributed by atoms with van der Waals surface area (Å²) in [6.07, 6.45) is 5.86. The average Bonchev–Trinajstić information content (AvgIpc) is 3.46. The number of likely N-dealkylation sites (tertiary alicyclic amines) is 1. The van der Waals surface area contributed by atoms with Crippen molar-refractivity contribution in [3.63, 3.8) is 0 Å². The van der Waals surface area contributed by atoms with E-state index in [4.69, 9.17) is 9.47 Å². The van der Waals surface area contributed by atoms with Crippen molar-refractivity contribution in [1.82, 2.24) is 14.5 Å². The molecule has 0 radical (unpaired) electrons. The van der Waals surface area contributed by atoms with Gasteiger partial charge in [-0.2, -0.15) is 0 Å². The number of aliphatic hydroxyl groups is 1. The smallest absolute Gasteiger partial charge is 0.295 e. The predicted octanol–water partition coefficient (Wildman–Crippen LogP) is 3.41. The number of carbonyl (C=O) groups is 2. The Morgan fingerprint density at radius 3 is 2.45 bits per heavy atom. The zero-order chi connectivity index (χ0) is 23.4. The van der Waals surface area contributed by atoms with Crippen LogP contribution in [0, 0.1) is 0 Å². The monoisotopic (exact) mass is 447 g/mol. The Hall–Kier alpha value is -4.07. The summed E-state index contributed by atoms with van der Waals surface area (Å²) >= 11 is 0. The van der Waals surface area contributed by atoms with E-state index in [9.17, 15) is 14.7 Å². The van der Waals surface area contributed by atoms with Gasteiger partial charge in [0.2, 0.25) is 0 Å². The maximum Gasteiger partial charge on any atom is 0.295 e. The fraction of sp³-hybridized carbons (Fsp3) is 0.240. The second-order valence-electron chi connectivity index (χ2n) is 7.65. The van der Waals surface area contributed by atoms with Crippen molar-refractivity contribution in [3.05, 3.63) is 84.0 Å². The lowest BCUT2D eigenvalue weighted by Crippen LogP contribution is -2.31. The number of rotatable bonds is 8. The second-order valence-corrected chi connectivity index (χ2v) is 7.65. The van der Waals surface area contributed by atoms with E-state index in [-0.39, 0.29) is 11.3 Å². The quantitative estimate of drug-likeness (QED) is 0.323. The molecule has 1 aliphatic rings. The number of aromatic nitrogens is 2. The summed E-state index contributed by atoms with van der Waals surface area (Å²) in [6.45, 7) is 0.989. The van der Waals surface area contributed by atoms with Crippen LogP contribution in [0.5, 0.6) is 11.5 Å². The Morgan fingerprint density at radius 2 is 1.79 bits per heavy atom. The molecular weight excluding hydrogens is 422 g/mol. The molecule has 1 fully saturated rings. The van der Waals surface area contributed by atoms with Gasteiger partial charge in [-0.1, -0.05) is 24.3 Å². The topological polar surface area (TPSA) is 93.9 Å². The third kappa shape index (κ3) is 4.45. The number of ether oxygens (including phenoxy) is 2. The molecule has 1 aliphatic heterocycles. The van der Waals surface area contributed by atoms with Crippen molar-refractivity contribution in [1.29, 1.82) is 0 Å². The first kappa shape index (κ1) is 22.1. The van der Waals surface area contributed by atoms with Crippen LogP contribution in [0.25, 0.3) is 5.76 Å². The molecule has 33 heavy (non-hydrogen) atoms. The number of aliphatic hydroxyl groups excluding tert-OH is 1. The van der Waals surface area contributed by atoms with Crippen LogP contribution in [0.15, 0.2) is 72.8 Å². The van der Waals surface area contributed by atoms with E-state index < -0.39 is 17.7 Å². The number of methoxy groups -OCH3 is 2. The molecule has 8 heteroatoms. The van der Waals surface area contributed by atoms with Crippen LogP contribution in [0.3, 0.4) is 0 Å². The summed E-state index contributed by atoms with van der Waals surface area (Å²) in [6, 6.07) is 13.2. The molecule has 1 unspecified atom stereocenters. The molecule has 0 aliphatic carbocycles. The zero-order valence-electron chi connectivity index (χ0n) is 18.5.